The molecule has 9 nitrogen and oxygen atoms in total. The maximum Gasteiger partial charge on any atom is 0.304 e. The molecule has 1 aromatic carbocycles. The van der Waals surface area contributed by atoms with Crippen LogP contribution in [0.25, 0.3) is 0 Å². The fraction of sp³-hybridized carbons (Fsp3) is 0. The van der Waals surface area contributed by atoms with Crippen molar-refractivity contribution in [2.75, 3.05) is 0 Å². The number of nitro benzene ring substituents is 2. The summed E-state index contributed by atoms with van der Waals surface area (Å²) in [6, 6.07) is 3.01. The van der Waals surface area contributed by atoms with Crippen LogP contribution in [0.15, 0.2) is 17.2 Å². The normalized spacial score (nSPS) is 9.19. The van der Waals surface area contributed by atoms with E-state index >= 15 is 0 Å². The Kier molecular flexibility index (Phi) is 2.86. The lowest BCUT2D eigenvalue weighted by atomic mass is 10.1. The van der Waals surface area contributed by atoms with Crippen LogP contribution in [0.1, 0.15) is 5.56 Å². The largest absolute Gasteiger partial charge is 0.304 e. The van der Waals surface area contributed by atoms with Gasteiger partial charge in [-0.1, -0.05) is 0 Å². The van der Waals surface area contributed by atoms with Crippen molar-refractivity contribution in [3.63, 3.8) is 0 Å². The molecule has 1 rings (SSSR count). The van der Waals surface area contributed by atoms with E-state index in [1.54, 1.807) is 0 Å². The van der Waals surface area contributed by atoms with E-state index in [4.69, 9.17) is 10.8 Å². The second-order valence-corrected chi connectivity index (χ2v) is 2.60. The van der Waals surface area contributed by atoms with E-state index in [-0.39, 0.29) is 5.56 Å². The van der Waals surface area contributed by atoms with Gasteiger partial charge >= 0.3 is 5.69 Å². The summed E-state index contributed by atoms with van der Waals surface area (Å²) in [5.41, 5.74) is 4.51. The van der Waals surface area contributed by atoms with Gasteiger partial charge in [0.25, 0.3) is 5.69 Å². The lowest BCUT2D eigenvalue weighted by Gasteiger charge is -1.98. The second kappa shape index (κ2) is 4.09. The van der Waals surface area contributed by atoms with Gasteiger partial charge in [-0.3, -0.25) is 20.2 Å². The minimum Gasteiger partial charge on any atom is -0.258 e. The number of rotatable bonds is 3. The fourth-order valence-electron chi connectivity index (χ4n) is 1.05. The van der Waals surface area contributed by atoms with E-state index in [0.29, 0.717) is 6.07 Å². The molecule has 0 saturated heterocycles. The van der Waals surface area contributed by atoms with Crippen LogP contribution in [0.4, 0.5) is 17.1 Å². The van der Waals surface area contributed by atoms with Gasteiger partial charge in [-0.2, -0.15) is 10.4 Å². The Morgan fingerprint density at radius 1 is 1.31 bits per heavy atom. The van der Waals surface area contributed by atoms with Gasteiger partial charge < -0.3 is 0 Å². The molecule has 0 aromatic heterocycles. The van der Waals surface area contributed by atoms with E-state index in [1.165, 1.54) is 6.07 Å². The van der Waals surface area contributed by atoms with Crippen LogP contribution in [0, 0.1) is 37.1 Å². The third kappa shape index (κ3) is 1.80. The molecule has 0 bridgehead atoms. The number of hydrogen-bond donors (Lipinski definition) is 1. The zero-order valence-corrected chi connectivity index (χ0v) is 7.58. The van der Waals surface area contributed by atoms with Crippen molar-refractivity contribution >= 4 is 17.1 Å². The summed E-state index contributed by atoms with van der Waals surface area (Å²) < 4.78 is 0. The highest BCUT2D eigenvalue weighted by atomic mass is 16.6. The van der Waals surface area contributed by atoms with E-state index in [2.05, 4.69) is 5.11 Å². The van der Waals surface area contributed by atoms with Crippen molar-refractivity contribution in [3.05, 3.63) is 37.9 Å². The zero-order valence-electron chi connectivity index (χ0n) is 7.58. The highest BCUT2D eigenvalue weighted by Crippen LogP contribution is 2.34. The average Bonchev–Trinajstić information content (AvgIpc) is 2.26. The summed E-state index contributed by atoms with van der Waals surface area (Å²) in [7, 11) is 0. The lowest BCUT2D eigenvalue weighted by molar-refractivity contribution is -0.393. The number of hydrogen-bond acceptors (Lipinski definition) is 7. The summed E-state index contributed by atoms with van der Waals surface area (Å²) >= 11 is 0. The molecule has 0 spiro atoms. The Balaban J connectivity index is 3.64. The number of non-ortho nitro benzene ring substituents is 1. The first-order valence-corrected chi connectivity index (χ1v) is 3.75. The maximum atomic E-state index is 10.6. The summed E-state index contributed by atoms with van der Waals surface area (Å²) in [5.74, 6) is 0. The van der Waals surface area contributed by atoms with Gasteiger partial charge in [-0.15, -0.1) is 0 Å². The maximum absolute atomic E-state index is 10.6. The van der Waals surface area contributed by atoms with Crippen LogP contribution in [0.3, 0.4) is 0 Å². The van der Waals surface area contributed by atoms with Crippen LogP contribution in [-0.4, -0.2) is 9.85 Å². The minimum atomic E-state index is -0.929. The molecule has 0 amide bonds. The molecule has 0 aliphatic rings. The molecule has 0 fully saturated rings. The number of nitriles is 1. The first-order chi connectivity index (χ1) is 7.51. The molecule has 0 heterocycles. The van der Waals surface area contributed by atoms with Crippen molar-refractivity contribution in [3.8, 4) is 6.07 Å². The molecular weight excluding hydrogens is 218 g/mol. The summed E-state index contributed by atoms with van der Waals surface area (Å²) in [5, 5.41) is 32.4. The van der Waals surface area contributed by atoms with Crippen LogP contribution in [0.2, 0.25) is 0 Å². The minimum absolute atomic E-state index is 0.379. The lowest BCUT2D eigenvalue weighted by Crippen LogP contribution is -1.95. The molecule has 0 unspecified atom stereocenters. The van der Waals surface area contributed by atoms with Crippen LogP contribution in [-0.2, 0) is 0 Å². The van der Waals surface area contributed by atoms with Crippen molar-refractivity contribution in [1.29, 1.82) is 10.8 Å². The summed E-state index contributed by atoms with van der Waals surface area (Å²) in [6.45, 7) is 0. The van der Waals surface area contributed by atoms with E-state index in [9.17, 15) is 20.2 Å². The Hall–Kier alpha value is -2.89. The third-order valence-corrected chi connectivity index (χ3v) is 1.71. The second-order valence-electron chi connectivity index (χ2n) is 2.60. The van der Waals surface area contributed by atoms with E-state index < -0.39 is 26.9 Å². The standard InChI is InChI=1S/C7H3N5O4/c8-3-4-1-5(11(13)14)2-6(12(15)16)7(4)10-9/h1-2,9H. The van der Waals surface area contributed by atoms with Crippen molar-refractivity contribution < 1.29 is 9.85 Å². The van der Waals surface area contributed by atoms with Gasteiger partial charge in [0.2, 0.25) is 0 Å². The first-order valence-electron chi connectivity index (χ1n) is 3.75. The molecule has 80 valence electrons. The molecule has 0 radical (unpaired) electrons. The third-order valence-electron chi connectivity index (χ3n) is 1.71. The molecule has 1 aromatic rings. The first kappa shape index (κ1) is 11.2. The Labute approximate surface area is 87.7 Å². The van der Waals surface area contributed by atoms with Gasteiger partial charge in [0, 0.05) is 6.07 Å². The molecule has 0 atom stereocenters. The quantitative estimate of drug-likeness (QED) is 0.471. The molecule has 0 aliphatic heterocycles. The number of nitrogens with one attached hydrogen (secondary N) is 1. The highest BCUT2D eigenvalue weighted by molar-refractivity contribution is 5.70. The summed E-state index contributed by atoms with van der Waals surface area (Å²) in [4.78, 5) is 19.2. The Morgan fingerprint density at radius 2 is 1.94 bits per heavy atom. The predicted molar refractivity (Wildman–Crippen MR) is 49.3 cm³/mol. The Morgan fingerprint density at radius 3 is 2.31 bits per heavy atom. The monoisotopic (exact) mass is 221 g/mol. The Bertz CT molecular complexity index is 532. The van der Waals surface area contributed by atoms with Crippen LogP contribution >= 0.6 is 0 Å². The molecule has 0 saturated carbocycles. The van der Waals surface area contributed by atoms with Gasteiger partial charge in [-0.05, 0) is 0 Å². The molecular formula is C7H3N5O4. The average molecular weight is 221 g/mol. The molecule has 0 aliphatic carbocycles. The SMILES string of the molecule is N#Cc1cc([N+](=O)[O-])cc([N+](=O)[O-])c1N=N. The van der Waals surface area contributed by atoms with Gasteiger partial charge in [0.15, 0.2) is 5.69 Å². The highest BCUT2D eigenvalue weighted by Gasteiger charge is 2.23. The van der Waals surface area contributed by atoms with E-state index in [1.807, 2.05) is 0 Å². The van der Waals surface area contributed by atoms with Crippen molar-refractivity contribution in [2.24, 2.45) is 5.11 Å². The molecule has 16 heavy (non-hydrogen) atoms. The molecule has 9 heteroatoms. The fourth-order valence-corrected chi connectivity index (χ4v) is 1.05. The van der Waals surface area contributed by atoms with Gasteiger partial charge in [0.1, 0.15) is 6.07 Å². The topological polar surface area (TPSA) is 146 Å². The number of nitrogens with zero attached hydrogens (tertiary/aromatic N) is 4. The summed E-state index contributed by atoms with van der Waals surface area (Å²) in [6.07, 6.45) is 0. The molecule has 1 N–H and O–H groups in total. The smallest absolute Gasteiger partial charge is 0.258 e. The number of nitro groups is 2. The van der Waals surface area contributed by atoms with Gasteiger partial charge in [0.05, 0.1) is 21.5 Å². The van der Waals surface area contributed by atoms with E-state index in [0.717, 1.165) is 6.07 Å². The van der Waals surface area contributed by atoms with Crippen LogP contribution in [0.5, 0.6) is 0 Å². The van der Waals surface area contributed by atoms with Crippen LogP contribution < -0.4 is 0 Å². The number of benzene rings is 1. The zero-order chi connectivity index (χ0) is 12.3. The predicted octanol–water partition coefficient (Wildman–Crippen LogP) is 2.04. The van der Waals surface area contributed by atoms with Crippen molar-refractivity contribution in [2.45, 2.75) is 0 Å². The van der Waals surface area contributed by atoms with Crippen molar-refractivity contribution in [1.82, 2.24) is 0 Å². The van der Waals surface area contributed by atoms with Gasteiger partial charge in [-0.25, -0.2) is 5.53 Å².